The Labute approximate surface area is 147 Å². The molecule has 2 heterocycles. The number of imidazole rings is 1. The molecule has 2 aromatic heterocycles. The van der Waals surface area contributed by atoms with Gasteiger partial charge in [-0.1, -0.05) is 26.0 Å². The van der Waals surface area contributed by atoms with Crippen LogP contribution in [0.4, 0.5) is 0 Å². The van der Waals surface area contributed by atoms with Crippen LogP contribution in [0, 0.1) is 5.92 Å². The lowest BCUT2D eigenvalue weighted by Gasteiger charge is -2.18. The van der Waals surface area contributed by atoms with Crippen LogP contribution in [0.1, 0.15) is 38.2 Å². The van der Waals surface area contributed by atoms with Crippen molar-refractivity contribution in [1.82, 2.24) is 25.1 Å². The Balaban J connectivity index is 1.77. The molecule has 3 aromatic rings. The number of para-hydroxylation sites is 2. The van der Waals surface area contributed by atoms with E-state index in [1.165, 1.54) is 0 Å². The first-order valence-electron chi connectivity index (χ1n) is 8.77. The van der Waals surface area contributed by atoms with Gasteiger partial charge in [0.1, 0.15) is 11.9 Å². The number of fused-ring (bicyclic) bond motifs is 1. The fraction of sp³-hybridized carbons (Fsp3) is 0.421. The normalized spacial score (nSPS) is 12.6. The number of rotatable bonds is 7. The highest BCUT2D eigenvalue weighted by atomic mass is 16.2. The molecule has 3 rings (SSSR count). The molecule has 6 nitrogen and oxygen atoms in total. The molecule has 0 fully saturated rings. The maximum atomic E-state index is 12.7. The summed E-state index contributed by atoms with van der Waals surface area (Å²) in [6, 6.07) is 7.70. The van der Waals surface area contributed by atoms with Gasteiger partial charge in [0.25, 0.3) is 0 Å². The van der Waals surface area contributed by atoms with Gasteiger partial charge in [0.05, 0.1) is 17.2 Å². The SMILES string of the molecule is CC(C)Cc1nc2ccccc2n1[C@@H](C)C(=O)NCCc1cn[nH]c1. The van der Waals surface area contributed by atoms with Gasteiger partial charge in [-0.05, 0) is 37.0 Å². The summed E-state index contributed by atoms with van der Waals surface area (Å²) < 4.78 is 2.07. The molecule has 0 radical (unpaired) electrons. The van der Waals surface area contributed by atoms with Crippen LogP contribution in [0.3, 0.4) is 0 Å². The summed E-state index contributed by atoms with van der Waals surface area (Å²) in [5.41, 5.74) is 3.04. The van der Waals surface area contributed by atoms with Crippen LogP contribution in [0.2, 0.25) is 0 Å². The van der Waals surface area contributed by atoms with Crippen molar-refractivity contribution in [3.8, 4) is 0 Å². The minimum atomic E-state index is -0.300. The van der Waals surface area contributed by atoms with Gasteiger partial charge >= 0.3 is 0 Å². The number of amides is 1. The number of H-pyrrole nitrogens is 1. The van der Waals surface area contributed by atoms with Crippen LogP contribution in [0.25, 0.3) is 11.0 Å². The Kier molecular flexibility index (Phi) is 5.16. The van der Waals surface area contributed by atoms with E-state index in [9.17, 15) is 4.79 Å². The number of benzene rings is 1. The van der Waals surface area contributed by atoms with Gasteiger partial charge in [0.2, 0.25) is 5.91 Å². The lowest BCUT2D eigenvalue weighted by atomic mass is 10.1. The zero-order valence-corrected chi connectivity index (χ0v) is 15.0. The third-order valence-electron chi connectivity index (χ3n) is 4.29. The molecule has 0 aliphatic rings. The summed E-state index contributed by atoms with van der Waals surface area (Å²) in [7, 11) is 0. The van der Waals surface area contributed by atoms with E-state index in [2.05, 4.69) is 33.9 Å². The second-order valence-corrected chi connectivity index (χ2v) is 6.81. The molecule has 1 atom stereocenters. The standard InChI is InChI=1S/C19H25N5O/c1-13(2)10-18-23-16-6-4-5-7-17(16)24(18)14(3)19(25)20-9-8-15-11-21-22-12-15/h4-7,11-14H,8-10H2,1-3H3,(H,20,25)(H,21,22)/t14-/m0/s1. The van der Waals surface area contributed by atoms with Gasteiger partial charge in [-0.15, -0.1) is 0 Å². The van der Waals surface area contributed by atoms with E-state index in [1.54, 1.807) is 6.20 Å². The fourth-order valence-corrected chi connectivity index (χ4v) is 3.05. The second kappa shape index (κ2) is 7.51. The highest BCUT2D eigenvalue weighted by Crippen LogP contribution is 2.23. The van der Waals surface area contributed by atoms with Crippen molar-refractivity contribution in [2.24, 2.45) is 5.92 Å². The van der Waals surface area contributed by atoms with E-state index in [0.29, 0.717) is 12.5 Å². The van der Waals surface area contributed by atoms with E-state index < -0.39 is 0 Å². The van der Waals surface area contributed by atoms with Gasteiger partial charge in [-0.25, -0.2) is 4.98 Å². The lowest BCUT2D eigenvalue weighted by molar-refractivity contribution is -0.123. The second-order valence-electron chi connectivity index (χ2n) is 6.81. The molecule has 0 saturated carbocycles. The number of hydrogen-bond acceptors (Lipinski definition) is 3. The van der Waals surface area contributed by atoms with E-state index in [0.717, 1.165) is 35.3 Å². The predicted molar refractivity (Wildman–Crippen MR) is 98.3 cm³/mol. The van der Waals surface area contributed by atoms with Crippen LogP contribution in [0.5, 0.6) is 0 Å². The van der Waals surface area contributed by atoms with Crippen molar-refractivity contribution in [3.05, 3.63) is 48.0 Å². The first-order valence-corrected chi connectivity index (χ1v) is 8.77. The van der Waals surface area contributed by atoms with Gasteiger partial charge in [0, 0.05) is 19.2 Å². The molecule has 0 aliphatic carbocycles. The number of aromatic amines is 1. The molecule has 1 amide bonds. The van der Waals surface area contributed by atoms with Gasteiger partial charge < -0.3 is 9.88 Å². The average molecular weight is 339 g/mol. The van der Waals surface area contributed by atoms with Crippen LogP contribution >= 0.6 is 0 Å². The Morgan fingerprint density at radius 2 is 2.08 bits per heavy atom. The van der Waals surface area contributed by atoms with E-state index in [4.69, 9.17) is 4.98 Å². The Morgan fingerprint density at radius 1 is 1.28 bits per heavy atom. The molecule has 25 heavy (non-hydrogen) atoms. The maximum Gasteiger partial charge on any atom is 0.242 e. The summed E-state index contributed by atoms with van der Waals surface area (Å²) in [5.74, 6) is 1.46. The van der Waals surface area contributed by atoms with Crippen molar-refractivity contribution in [2.75, 3.05) is 6.54 Å². The smallest absolute Gasteiger partial charge is 0.242 e. The largest absolute Gasteiger partial charge is 0.354 e. The van der Waals surface area contributed by atoms with Crippen LogP contribution in [0.15, 0.2) is 36.7 Å². The van der Waals surface area contributed by atoms with Crippen LogP contribution < -0.4 is 5.32 Å². The third-order valence-corrected chi connectivity index (χ3v) is 4.29. The van der Waals surface area contributed by atoms with Crippen molar-refractivity contribution >= 4 is 16.9 Å². The van der Waals surface area contributed by atoms with Gasteiger partial charge in [-0.3, -0.25) is 9.89 Å². The monoisotopic (exact) mass is 339 g/mol. The van der Waals surface area contributed by atoms with Gasteiger partial charge in [-0.2, -0.15) is 5.10 Å². The van der Waals surface area contributed by atoms with E-state index in [-0.39, 0.29) is 11.9 Å². The average Bonchev–Trinajstić information content (AvgIpc) is 3.20. The highest BCUT2D eigenvalue weighted by molar-refractivity contribution is 5.84. The third kappa shape index (κ3) is 3.90. The molecule has 6 heteroatoms. The summed E-state index contributed by atoms with van der Waals surface area (Å²) in [5, 5.41) is 9.73. The minimum Gasteiger partial charge on any atom is -0.354 e. The van der Waals surface area contributed by atoms with Crippen molar-refractivity contribution < 1.29 is 4.79 Å². The molecule has 0 bridgehead atoms. The zero-order valence-electron chi connectivity index (χ0n) is 15.0. The van der Waals surface area contributed by atoms with Crippen LogP contribution in [-0.2, 0) is 17.6 Å². The first-order chi connectivity index (χ1) is 12.1. The summed E-state index contributed by atoms with van der Waals surface area (Å²) in [4.78, 5) is 17.4. The highest BCUT2D eigenvalue weighted by Gasteiger charge is 2.21. The number of nitrogens with one attached hydrogen (secondary N) is 2. The number of carbonyl (C=O) groups is 1. The minimum absolute atomic E-state index is 0.0108. The molecule has 0 aliphatic heterocycles. The summed E-state index contributed by atoms with van der Waals surface area (Å²) >= 11 is 0. The Morgan fingerprint density at radius 3 is 2.80 bits per heavy atom. The zero-order chi connectivity index (χ0) is 17.8. The molecular weight excluding hydrogens is 314 g/mol. The Hall–Kier alpha value is -2.63. The molecule has 132 valence electrons. The van der Waals surface area contributed by atoms with Crippen LogP contribution in [-0.4, -0.2) is 32.2 Å². The Bertz CT molecular complexity index is 835. The number of aromatic nitrogens is 4. The van der Waals surface area contributed by atoms with Crippen molar-refractivity contribution in [2.45, 2.75) is 39.7 Å². The van der Waals surface area contributed by atoms with Crippen molar-refractivity contribution in [1.29, 1.82) is 0 Å². The first kappa shape index (κ1) is 17.2. The topological polar surface area (TPSA) is 75.6 Å². The fourth-order valence-electron chi connectivity index (χ4n) is 3.05. The lowest BCUT2D eigenvalue weighted by Crippen LogP contribution is -2.33. The number of hydrogen-bond donors (Lipinski definition) is 2. The molecular formula is C19H25N5O. The molecule has 0 saturated heterocycles. The quantitative estimate of drug-likeness (QED) is 0.695. The molecule has 1 aromatic carbocycles. The maximum absolute atomic E-state index is 12.7. The molecule has 0 spiro atoms. The van der Waals surface area contributed by atoms with E-state index in [1.807, 2.05) is 37.4 Å². The number of carbonyl (C=O) groups excluding carboxylic acids is 1. The molecule has 0 unspecified atom stereocenters. The van der Waals surface area contributed by atoms with E-state index >= 15 is 0 Å². The molecule has 2 N–H and O–H groups in total. The van der Waals surface area contributed by atoms with Crippen molar-refractivity contribution in [3.63, 3.8) is 0 Å². The number of nitrogens with zero attached hydrogens (tertiary/aromatic N) is 3. The summed E-state index contributed by atoms with van der Waals surface area (Å²) in [6.07, 6.45) is 5.24. The summed E-state index contributed by atoms with van der Waals surface area (Å²) in [6.45, 7) is 6.86. The predicted octanol–water partition coefficient (Wildman–Crippen LogP) is 2.88. The van der Waals surface area contributed by atoms with Gasteiger partial charge in [0.15, 0.2) is 0 Å².